The molecule has 1 amide bonds. The Kier molecular flexibility index (Phi) is 4.94. The van der Waals surface area contributed by atoms with Crippen molar-refractivity contribution in [3.63, 3.8) is 0 Å². The second-order valence-electron chi connectivity index (χ2n) is 2.24. The molecular formula is C7H16N2O. The van der Waals surface area contributed by atoms with Crippen LogP contribution in [-0.2, 0) is 4.79 Å². The summed E-state index contributed by atoms with van der Waals surface area (Å²) in [5.41, 5.74) is 0. The first-order chi connectivity index (χ1) is 4.76. The highest BCUT2D eigenvalue weighted by Crippen LogP contribution is 1.94. The van der Waals surface area contributed by atoms with Crippen LogP contribution in [0.5, 0.6) is 0 Å². The van der Waals surface area contributed by atoms with E-state index >= 15 is 0 Å². The molecule has 0 aliphatic rings. The van der Waals surface area contributed by atoms with E-state index < -0.39 is 0 Å². The molecule has 0 saturated carbocycles. The summed E-state index contributed by atoms with van der Waals surface area (Å²) in [6, 6.07) is -0.0185. The van der Waals surface area contributed by atoms with Gasteiger partial charge in [-0.1, -0.05) is 13.3 Å². The highest BCUT2D eigenvalue weighted by molar-refractivity contribution is 5.81. The lowest BCUT2D eigenvalue weighted by Gasteiger charge is -2.12. The SMILES string of the molecule is CCC[C@H](NC)C(=O)NC. The molecule has 0 radical (unpaired) electrons. The van der Waals surface area contributed by atoms with Crippen LogP contribution in [-0.4, -0.2) is 26.0 Å². The van der Waals surface area contributed by atoms with Gasteiger partial charge in [0.25, 0.3) is 0 Å². The van der Waals surface area contributed by atoms with E-state index in [0.717, 1.165) is 12.8 Å². The van der Waals surface area contributed by atoms with Gasteiger partial charge in [-0.2, -0.15) is 0 Å². The second-order valence-corrected chi connectivity index (χ2v) is 2.24. The molecule has 0 aromatic heterocycles. The number of hydrogen-bond acceptors (Lipinski definition) is 2. The van der Waals surface area contributed by atoms with E-state index in [9.17, 15) is 4.79 Å². The van der Waals surface area contributed by atoms with Crippen LogP contribution in [0.3, 0.4) is 0 Å². The fourth-order valence-corrected chi connectivity index (χ4v) is 0.869. The topological polar surface area (TPSA) is 41.1 Å². The highest BCUT2D eigenvalue weighted by atomic mass is 16.2. The van der Waals surface area contributed by atoms with E-state index in [1.807, 2.05) is 0 Å². The van der Waals surface area contributed by atoms with Crippen molar-refractivity contribution < 1.29 is 4.79 Å². The van der Waals surface area contributed by atoms with Crippen molar-refractivity contribution in [2.24, 2.45) is 0 Å². The van der Waals surface area contributed by atoms with Crippen molar-refractivity contribution in [2.45, 2.75) is 25.8 Å². The smallest absolute Gasteiger partial charge is 0.236 e. The summed E-state index contributed by atoms with van der Waals surface area (Å²) in [4.78, 5) is 11.0. The molecule has 0 heterocycles. The minimum absolute atomic E-state index is 0.0185. The summed E-state index contributed by atoms with van der Waals surface area (Å²) in [6.45, 7) is 2.06. The van der Waals surface area contributed by atoms with Crippen LogP contribution in [0.25, 0.3) is 0 Å². The Labute approximate surface area is 62.2 Å². The normalized spacial score (nSPS) is 12.7. The van der Waals surface area contributed by atoms with Crippen molar-refractivity contribution in [1.82, 2.24) is 10.6 Å². The van der Waals surface area contributed by atoms with Gasteiger partial charge in [0, 0.05) is 7.05 Å². The van der Waals surface area contributed by atoms with Crippen LogP contribution < -0.4 is 10.6 Å². The van der Waals surface area contributed by atoms with Crippen molar-refractivity contribution >= 4 is 5.91 Å². The molecule has 0 rings (SSSR count). The van der Waals surface area contributed by atoms with Gasteiger partial charge in [-0.15, -0.1) is 0 Å². The Morgan fingerprint density at radius 3 is 2.40 bits per heavy atom. The molecule has 0 aromatic rings. The molecule has 0 unspecified atom stereocenters. The molecule has 10 heavy (non-hydrogen) atoms. The zero-order chi connectivity index (χ0) is 7.98. The number of hydrogen-bond donors (Lipinski definition) is 2. The zero-order valence-electron chi connectivity index (χ0n) is 6.90. The predicted octanol–water partition coefficient (Wildman–Crippen LogP) is 0.120. The average Bonchev–Trinajstić information content (AvgIpc) is 1.99. The second kappa shape index (κ2) is 5.23. The Bertz CT molecular complexity index is 104. The fraction of sp³-hybridized carbons (Fsp3) is 0.857. The number of carbonyl (C=O) groups excluding carboxylic acids is 1. The van der Waals surface area contributed by atoms with Gasteiger partial charge in [-0.25, -0.2) is 0 Å². The van der Waals surface area contributed by atoms with E-state index in [0.29, 0.717) is 0 Å². The number of likely N-dealkylation sites (N-methyl/N-ethyl adjacent to an activating group) is 2. The van der Waals surface area contributed by atoms with Gasteiger partial charge in [0.1, 0.15) is 0 Å². The molecule has 1 atom stereocenters. The van der Waals surface area contributed by atoms with Gasteiger partial charge in [0.05, 0.1) is 6.04 Å². The summed E-state index contributed by atoms with van der Waals surface area (Å²) in [5, 5.41) is 5.54. The molecule has 0 aliphatic carbocycles. The zero-order valence-corrected chi connectivity index (χ0v) is 6.90. The molecule has 0 spiro atoms. The quantitative estimate of drug-likeness (QED) is 0.588. The monoisotopic (exact) mass is 144 g/mol. The van der Waals surface area contributed by atoms with Gasteiger partial charge in [0.2, 0.25) is 5.91 Å². The maximum atomic E-state index is 11.0. The third-order valence-electron chi connectivity index (χ3n) is 1.49. The summed E-state index contributed by atoms with van der Waals surface area (Å²) < 4.78 is 0. The van der Waals surface area contributed by atoms with Gasteiger partial charge in [-0.3, -0.25) is 4.79 Å². The molecule has 2 N–H and O–H groups in total. The van der Waals surface area contributed by atoms with Crippen LogP contribution in [0.2, 0.25) is 0 Å². The third-order valence-corrected chi connectivity index (χ3v) is 1.49. The first-order valence-corrected chi connectivity index (χ1v) is 3.65. The standard InChI is InChI=1S/C7H16N2O/c1-4-5-6(8-2)7(10)9-3/h6,8H,4-5H2,1-3H3,(H,9,10)/t6-/m0/s1. The maximum absolute atomic E-state index is 11.0. The van der Waals surface area contributed by atoms with E-state index in [1.165, 1.54) is 0 Å². The minimum Gasteiger partial charge on any atom is -0.358 e. The lowest BCUT2D eigenvalue weighted by atomic mass is 10.1. The minimum atomic E-state index is -0.0185. The number of nitrogens with one attached hydrogen (secondary N) is 2. The third kappa shape index (κ3) is 2.82. The molecule has 0 fully saturated rings. The van der Waals surface area contributed by atoms with Crippen LogP contribution in [0, 0.1) is 0 Å². The molecule has 0 saturated heterocycles. The van der Waals surface area contributed by atoms with Crippen molar-refractivity contribution in [1.29, 1.82) is 0 Å². The molecule has 60 valence electrons. The number of rotatable bonds is 4. The van der Waals surface area contributed by atoms with Crippen LogP contribution in [0.15, 0.2) is 0 Å². The maximum Gasteiger partial charge on any atom is 0.236 e. The summed E-state index contributed by atoms with van der Waals surface area (Å²) in [6.07, 6.45) is 1.93. The largest absolute Gasteiger partial charge is 0.358 e. The number of amides is 1. The van der Waals surface area contributed by atoms with Crippen LogP contribution in [0.4, 0.5) is 0 Å². The Hall–Kier alpha value is -0.570. The molecule has 0 aliphatic heterocycles. The van der Waals surface area contributed by atoms with Gasteiger partial charge in [-0.05, 0) is 13.5 Å². The Balaban J connectivity index is 3.68. The predicted molar refractivity (Wildman–Crippen MR) is 41.8 cm³/mol. The fourth-order valence-electron chi connectivity index (χ4n) is 0.869. The van der Waals surface area contributed by atoms with Crippen molar-refractivity contribution in [3.8, 4) is 0 Å². The lowest BCUT2D eigenvalue weighted by molar-refractivity contribution is -0.122. The van der Waals surface area contributed by atoms with Gasteiger partial charge >= 0.3 is 0 Å². The van der Waals surface area contributed by atoms with E-state index in [2.05, 4.69) is 17.6 Å². The average molecular weight is 144 g/mol. The number of carbonyl (C=O) groups is 1. The summed E-state index contributed by atoms with van der Waals surface area (Å²) >= 11 is 0. The first-order valence-electron chi connectivity index (χ1n) is 3.65. The molecule has 3 nitrogen and oxygen atoms in total. The van der Waals surface area contributed by atoms with Crippen LogP contribution >= 0.6 is 0 Å². The Morgan fingerprint density at radius 2 is 2.10 bits per heavy atom. The summed E-state index contributed by atoms with van der Waals surface area (Å²) in [5.74, 6) is 0.0735. The highest BCUT2D eigenvalue weighted by Gasteiger charge is 2.11. The van der Waals surface area contributed by atoms with Gasteiger partial charge in [0.15, 0.2) is 0 Å². The molecule has 0 bridgehead atoms. The van der Waals surface area contributed by atoms with E-state index in [1.54, 1.807) is 14.1 Å². The van der Waals surface area contributed by atoms with Crippen molar-refractivity contribution in [2.75, 3.05) is 14.1 Å². The van der Waals surface area contributed by atoms with Gasteiger partial charge < -0.3 is 10.6 Å². The lowest BCUT2D eigenvalue weighted by Crippen LogP contribution is -2.40. The Morgan fingerprint density at radius 1 is 1.50 bits per heavy atom. The van der Waals surface area contributed by atoms with Crippen LogP contribution in [0.1, 0.15) is 19.8 Å². The van der Waals surface area contributed by atoms with E-state index in [4.69, 9.17) is 0 Å². The van der Waals surface area contributed by atoms with E-state index in [-0.39, 0.29) is 11.9 Å². The first kappa shape index (κ1) is 9.43. The molecular weight excluding hydrogens is 128 g/mol. The molecule has 3 heteroatoms. The molecule has 0 aromatic carbocycles. The van der Waals surface area contributed by atoms with Crippen molar-refractivity contribution in [3.05, 3.63) is 0 Å². The summed E-state index contributed by atoms with van der Waals surface area (Å²) in [7, 11) is 3.46.